The highest BCUT2D eigenvalue weighted by atomic mass is 15.6. The minimum atomic E-state index is -0.201. The van der Waals surface area contributed by atoms with Gasteiger partial charge in [0.2, 0.25) is 6.17 Å². The molecule has 0 aliphatic carbocycles. The van der Waals surface area contributed by atoms with Gasteiger partial charge in [-0.2, -0.15) is 10.4 Å². The fourth-order valence-corrected chi connectivity index (χ4v) is 1.39. The highest BCUT2D eigenvalue weighted by molar-refractivity contribution is 5.58. The molecule has 1 rings (SSSR count). The molecular formula is C9H16N4. The van der Waals surface area contributed by atoms with Crippen LogP contribution in [0.15, 0.2) is 5.10 Å². The Kier molecular flexibility index (Phi) is 3.13. The van der Waals surface area contributed by atoms with Crippen LogP contribution in [0.1, 0.15) is 20.8 Å². The van der Waals surface area contributed by atoms with Crippen LogP contribution in [0.2, 0.25) is 0 Å². The molecule has 0 aromatic carbocycles. The average Bonchev–Trinajstić information content (AvgIpc) is 2.45. The van der Waals surface area contributed by atoms with Crippen molar-refractivity contribution in [1.82, 2.24) is 9.91 Å². The Labute approximate surface area is 79.4 Å². The third-order valence-corrected chi connectivity index (χ3v) is 1.96. The van der Waals surface area contributed by atoms with Gasteiger partial charge in [-0.1, -0.05) is 13.8 Å². The zero-order chi connectivity index (χ0) is 9.84. The van der Waals surface area contributed by atoms with Gasteiger partial charge in [0.15, 0.2) is 0 Å². The Morgan fingerprint density at radius 2 is 2.31 bits per heavy atom. The molecule has 0 N–H and O–H groups in total. The fourth-order valence-electron chi connectivity index (χ4n) is 1.39. The molecular weight excluding hydrogens is 164 g/mol. The number of hydrogen-bond donors (Lipinski definition) is 0. The van der Waals surface area contributed by atoms with Crippen LogP contribution in [0.4, 0.5) is 0 Å². The number of hydrazone groups is 1. The fraction of sp³-hybridized carbons (Fsp3) is 0.778. The second-order valence-corrected chi connectivity index (χ2v) is 3.58. The largest absolute Gasteiger partial charge is 0.327 e. The standard InChI is InChI=1S/C9H16N4/c1-4-13-9(5-10)12(7-11-13)6-8(2)3/h7-9H,4,6H2,1-3H3. The zero-order valence-electron chi connectivity index (χ0n) is 8.44. The maximum atomic E-state index is 8.94. The van der Waals surface area contributed by atoms with Gasteiger partial charge in [0.25, 0.3) is 0 Å². The van der Waals surface area contributed by atoms with Crippen molar-refractivity contribution in [1.29, 1.82) is 5.26 Å². The average molecular weight is 180 g/mol. The molecule has 0 aromatic rings. The summed E-state index contributed by atoms with van der Waals surface area (Å²) in [6.45, 7) is 7.94. The summed E-state index contributed by atoms with van der Waals surface area (Å²) in [7, 11) is 0. The summed E-state index contributed by atoms with van der Waals surface area (Å²) in [5, 5.41) is 14.9. The van der Waals surface area contributed by atoms with E-state index in [9.17, 15) is 0 Å². The second-order valence-electron chi connectivity index (χ2n) is 3.58. The molecule has 0 saturated heterocycles. The molecule has 1 atom stereocenters. The first-order valence-corrected chi connectivity index (χ1v) is 4.65. The highest BCUT2D eigenvalue weighted by Gasteiger charge is 2.26. The Balaban J connectivity index is 2.59. The van der Waals surface area contributed by atoms with Crippen molar-refractivity contribution in [3.63, 3.8) is 0 Å². The molecule has 4 nitrogen and oxygen atoms in total. The lowest BCUT2D eigenvalue weighted by atomic mass is 10.2. The maximum absolute atomic E-state index is 8.94. The minimum Gasteiger partial charge on any atom is -0.327 e. The molecule has 1 aliphatic heterocycles. The van der Waals surface area contributed by atoms with E-state index in [1.807, 2.05) is 11.8 Å². The van der Waals surface area contributed by atoms with Crippen LogP contribution in [0.5, 0.6) is 0 Å². The van der Waals surface area contributed by atoms with E-state index in [2.05, 4.69) is 25.0 Å². The molecule has 0 amide bonds. The Hall–Kier alpha value is -1.24. The van der Waals surface area contributed by atoms with Crippen molar-refractivity contribution in [3.8, 4) is 6.07 Å². The smallest absolute Gasteiger partial charge is 0.207 e. The molecule has 0 fully saturated rings. The quantitative estimate of drug-likeness (QED) is 0.652. The molecule has 0 radical (unpaired) electrons. The van der Waals surface area contributed by atoms with E-state index in [4.69, 9.17) is 5.26 Å². The number of nitriles is 1. The summed E-state index contributed by atoms with van der Waals surface area (Å²) in [6, 6.07) is 2.25. The van der Waals surface area contributed by atoms with E-state index in [0.29, 0.717) is 5.92 Å². The summed E-state index contributed by atoms with van der Waals surface area (Å²) in [6.07, 6.45) is 1.56. The normalized spacial score (nSPS) is 21.3. The van der Waals surface area contributed by atoms with Crippen LogP contribution in [0, 0.1) is 17.2 Å². The van der Waals surface area contributed by atoms with E-state index in [1.165, 1.54) is 0 Å². The summed E-state index contributed by atoms with van der Waals surface area (Å²) < 4.78 is 0. The van der Waals surface area contributed by atoms with Crippen LogP contribution < -0.4 is 0 Å². The van der Waals surface area contributed by atoms with Crippen LogP contribution in [-0.4, -0.2) is 35.5 Å². The molecule has 1 heterocycles. The van der Waals surface area contributed by atoms with Gasteiger partial charge in [-0.25, -0.2) is 0 Å². The molecule has 0 spiro atoms. The number of hydrogen-bond acceptors (Lipinski definition) is 4. The van der Waals surface area contributed by atoms with Crippen LogP contribution >= 0.6 is 0 Å². The van der Waals surface area contributed by atoms with E-state index in [1.54, 1.807) is 11.3 Å². The van der Waals surface area contributed by atoms with Gasteiger partial charge in [0, 0.05) is 13.1 Å². The zero-order valence-corrected chi connectivity index (χ0v) is 8.44. The monoisotopic (exact) mass is 180 g/mol. The molecule has 13 heavy (non-hydrogen) atoms. The van der Waals surface area contributed by atoms with E-state index < -0.39 is 0 Å². The van der Waals surface area contributed by atoms with Crippen LogP contribution in [-0.2, 0) is 0 Å². The van der Waals surface area contributed by atoms with Gasteiger partial charge in [-0.05, 0) is 12.8 Å². The lowest BCUT2D eigenvalue weighted by Crippen LogP contribution is -2.40. The Bertz CT molecular complexity index is 228. The summed E-state index contributed by atoms with van der Waals surface area (Å²) in [5.41, 5.74) is 0. The third-order valence-electron chi connectivity index (χ3n) is 1.96. The molecule has 1 aliphatic rings. The van der Waals surface area contributed by atoms with Crippen molar-refractivity contribution >= 4 is 6.34 Å². The molecule has 0 saturated carbocycles. The van der Waals surface area contributed by atoms with Crippen molar-refractivity contribution < 1.29 is 0 Å². The van der Waals surface area contributed by atoms with Gasteiger partial charge in [0.05, 0.1) is 0 Å². The molecule has 1 unspecified atom stereocenters. The van der Waals surface area contributed by atoms with Crippen molar-refractivity contribution in [2.24, 2.45) is 11.0 Å². The molecule has 4 heteroatoms. The van der Waals surface area contributed by atoms with Crippen LogP contribution in [0.3, 0.4) is 0 Å². The van der Waals surface area contributed by atoms with Gasteiger partial charge < -0.3 is 4.90 Å². The van der Waals surface area contributed by atoms with Gasteiger partial charge in [-0.3, -0.25) is 5.01 Å². The van der Waals surface area contributed by atoms with Crippen molar-refractivity contribution in [2.45, 2.75) is 26.9 Å². The molecule has 0 aromatic heterocycles. The lowest BCUT2D eigenvalue weighted by molar-refractivity contribution is 0.175. The summed E-state index contributed by atoms with van der Waals surface area (Å²) in [5.74, 6) is 0.555. The van der Waals surface area contributed by atoms with E-state index in [-0.39, 0.29) is 6.17 Å². The first-order valence-electron chi connectivity index (χ1n) is 4.65. The third kappa shape index (κ3) is 2.11. The molecule has 72 valence electrons. The Morgan fingerprint density at radius 1 is 1.62 bits per heavy atom. The summed E-state index contributed by atoms with van der Waals surface area (Å²) in [4.78, 5) is 1.98. The van der Waals surface area contributed by atoms with Gasteiger partial charge in [-0.15, -0.1) is 0 Å². The second kappa shape index (κ2) is 4.13. The Morgan fingerprint density at radius 3 is 2.77 bits per heavy atom. The van der Waals surface area contributed by atoms with Crippen molar-refractivity contribution in [2.75, 3.05) is 13.1 Å². The topological polar surface area (TPSA) is 42.6 Å². The lowest BCUT2D eigenvalue weighted by Gasteiger charge is -2.25. The minimum absolute atomic E-state index is 0.201. The van der Waals surface area contributed by atoms with Crippen molar-refractivity contribution in [3.05, 3.63) is 0 Å². The van der Waals surface area contributed by atoms with Crippen LogP contribution in [0.25, 0.3) is 0 Å². The first kappa shape index (κ1) is 9.85. The molecule has 0 bridgehead atoms. The predicted molar refractivity (Wildman–Crippen MR) is 51.8 cm³/mol. The summed E-state index contributed by atoms with van der Waals surface area (Å²) >= 11 is 0. The first-order chi connectivity index (χ1) is 6.19. The van der Waals surface area contributed by atoms with Gasteiger partial charge >= 0.3 is 0 Å². The van der Waals surface area contributed by atoms with Gasteiger partial charge in [0.1, 0.15) is 12.4 Å². The maximum Gasteiger partial charge on any atom is 0.207 e. The number of rotatable bonds is 3. The SMILES string of the molecule is CCN1N=CN(CC(C)C)C1C#N. The predicted octanol–water partition coefficient (Wildman–Crippen LogP) is 1.07. The highest BCUT2D eigenvalue weighted by Crippen LogP contribution is 2.12. The number of nitrogens with zero attached hydrogens (tertiary/aromatic N) is 4. The van der Waals surface area contributed by atoms with E-state index in [0.717, 1.165) is 13.1 Å². The van der Waals surface area contributed by atoms with E-state index >= 15 is 0 Å².